The molecule has 0 heterocycles. The second-order valence-electron chi connectivity index (χ2n) is 3.93. The zero-order valence-electron chi connectivity index (χ0n) is 10.5. The maximum atomic E-state index is 5.78. The SMILES string of the molecule is C=CCOCCCOc1c(C)cc(Br)cc1C. The average Bonchev–Trinajstić information content (AvgIpc) is 2.26. The van der Waals surface area contributed by atoms with Gasteiger partial charge in [0.05, 0.1) is 19.8 Å². The second-order valence-corrected chi connectivity index (χ2v) is 4.85. The van der Waals surface area contributed by atoms with Gasteiger partial charge in [0.15, 0.2) is 0 Å². The van der Waals surface area contributed by atoms with E-state index in [1.54, 1.807) is 6.08 Å². The summed E-state index contributed by atoms with van der Waals surface area (Å²) in [5.74, 6) is 0.983. The maximum Gasteiger partial charge on any atom is 0.125 e. The quantitative estimate of drug-likeness (QED) is 0.559. The van der Waals surface area contributed by atoms with Gasteiger partial charge < -0.3 is 9.47 Å². The molecule has 0 bridgehead atoms. The van der Waals surface area contributed by atoms with E-state index in [9.17, 15) is 0 Å². The topological polar surface area (TPSA) is 18.5 Å². The lowest BCUT2D eigenvalue weighted by atomic mass is 10.1. The Morgan fingerprint density at radius 2 is 1.88 bits per heavy atom. The lowest BCUT2D eigenvalue weighted by Gasteiger charge is -2.12. The van der Waals surface area contributed by atoms with Gasteiger partial charge in [-0.3, -0.25) is 0 Å². The minimum Gasteiger partial charge on any atom is -0.493 e. The van der Waals surface area contributed by atoms with Crippen LogP contribution in [0.3, 0.4) is 0 Å². The summed E-state index contributed by atoms with van der Waals surface area (Å²) in [6.45, 7) is 9.71. The molecule has 1 aromatic rings. The van der Waals surface area contributed by atoms with E-state index in [-0.39, 0.29) is 0 Å². The lowest BCUT2D eigenvalue weighted by Crippen LogP contribution is -2.05. The predicted molar refractivity (Wildman–Crippen MR) is 74.7 cm³/mol. The maximum absolute atomic E-state index is 5.78. The number of ether oxygens (including phenoxy) is 2. The second kappa shape index (κ2) is 7.51. The van der Waals surface area contributed by atoms with Gasteiger partial charge in [0.1, 0.15) is 5.75 Å². The molecule has 0 fully saturated rings. The molecular formula is C14H19BrO2. The number of halogens is 1. The van der Waals surface area contributed by atoms with Crippen molar-refractivity contribution in [3.8, 4) is 5.75 Å². The molecular weight excluding hydrogens is 280 g/mol. The highest BCUT2D eigenvalue weighted by Gasteiger charge is 2.05. The third-order valence-corrected chi connectivity index (χ3v) is 2.80. The standard InChI is InChI=1S/C14H19BrO2/c1-4-6-16-7-5-8-17-14-11(2)9-13(15)10-12(14)3/h4,9-10H,1,5-8H2,2-3H3. The minimum atomic E-state index is 0.607. The van der Waals surface area contributed by atoms with Crippen LogP contribution in [0, 0.1) is 13.8 Å². The van der Waals surface area contributed by atoms with Crippen molar-refractivity contribution in [2.24, 2.45) is 0 Å². The van der Waals surface area contributed by atoms with Crippen LogP contribution in [-0.4, -0.2) is 19.8 Å². The van der Waals surface area contributed by atoms with Crippen molar-refractivity contribution in [3.63, 3.8) is 0 Å². The van der Waals surface area contributed by atoms with Crippen LogP contribution in [0.1, 0.15) is 17.5 Å². The van der Waals surface area contributed by atoms with E-state index in [0.717, 1.165) is 27.8 Å². The van der Waals surface area contributed by atoms with Crippen molar-refractivity contribution in [2.45, 2.75) is 20.3 Å². The number of benzene rings is 1. The number of hydrogen-bond acceptors (Lipinski definition) is 2. The van der Waals surface area contributed by atoms with E-state index in [1.165, 1.54) is 0 Å². The Balaban J connectivity index is 2.39. The van der Waals surface area contributed by atoms with E-state index < -0.39 is 0 Å². The van der Waals surface area contributed by atoms with Crippen LogP contribution >= 0.6 is 15.9 Å². The van der Waals surface area contributed by atoms with Crippen molar-refractivity contribution >= 4 is 15.9 Å². The van der Waals surface area contributed by atoms with Crippen molar-refractivity contribution in [2.75, 3.05) is 19.8 Å². The van der Waals surface area contributed by atoms with Gasteiger partial charge in [-0.1, -0.05) is 22.0 Å². The molecule has 0 atom stereocenters. The van der Waals surface area contributed by atoms with Gasteiger partial charge >= 0.3 is 0 Å². The Hall–Kier alpha value is -0.800. The predicted octanol–water partition coefficient (Wildman–Crippen LogP) is 4.04. The third kappa shape index (κ3) is 4.92. The number of rotatable bonds is 7. The molecule has 0 saturated heterocycles. The highest BCUT2D eigenvalue weighted by atomic mass is 79.9. The van der Waals surface area contributed by atoms with Gasteiger partial charge in [0, 0.05) is 10.9 Å². The summed E-state index contributed by atoms with van der Waals surface area (Å²) in [6.07, 6.45) is 2.65. The monoisotopic (exact) mass is 298 g/mol. The van der Waals surface area contributed by atoms with Gasteiger partial charge in [-0.05, 0) is 37.1 Å². The fourth-order valence-electron chi connectivity index (χ4n) is 1.63. The Morgan fingerprint density at radius 1 is 1.24 bits per heavy atom. The first-order valence-electron chi connectivity index (χ1n) is 5.73. The van der Waals surface area contributed by atoms with Crippen molar-refractivity contribution < 1.29 is 9.47 Å². The fourth-order valence-corrected chi connectivity index (χ4v) is 2.31. The van der Waals surface area contributed by atoms with Crippen LogP contribution in [0.5, 0.6) is 5.75 Å². The average molecular weight is 299 g/mol. The van der Waals surface area contributed by atoms with Crippen LogP contribution in [0.2, 0.25) is 0 Å². The normalized spacial score (nSPS) is 10.3. The van der Waals surface area contributed by atoms with Crippen LogP contribution in [-0.2, 0) is 4.74 Å². The molecule has 1 rings (SSSR count). The summed E-state index contributed by atoms with van der Waals surface area (Å²) >= 11 is 3.47. The molecule has 17 heavy (non-hydrogen) atoms. The summed E-state index contributed by atoms with van der Waals surface area (Å²) in [6, 6.07) is 4.13. The Labute approximate surface area is 112 Å². The molecule has 0 unspecified atom stereocenters. The van der Waals surface area contributed by atoms with Crippen molar-refractivity contribution in [1.29, 1.82) is 0 Å². The molecule has 0 saturated carbocycles. The van der Waals surface area contributed by atoms with Gasteiger partial charge in [-0.2, -0.15) is 0 Å². The zero-order valence-corrected chi connectivity index (χ0v) is 12.0. The summed E-state index contributed by atoms with van der Waals surface area (Å²) in [7, 11) is 0. The molecule has 0 aromatic heterocycles. The first-order chi connectivity index (χ1) is 8.15. The van der Waals surface area contributed by atoms with Gasteiger partial charge in [-0.15, -0.1) is 6.58 Å². The Kier molecular flexibility index (Phi) is 6.30. The summed E-state index contributed by atoms with van der Waals surface area (Å²) in [4.78, 5) is 0. The molecule has 0 aliphatic rings. The summed E-state index contributed by atoms with van der Waals surface area (Å²) in [5.41, 5.74) is 2.31. The highest BCUT2D eigenvalue weighted by molar-refractivity contribution is 9.10. The molecule has 2 nitrogen and oxygen atoms in total. The Morgan fingerprint density at radius 3 is 2.47 bits per heavy atom. The number of aryl methyl sites for hydroxylation is 2. The van der Waals surface area contributed by atoms with Crippen LogP contribution in [0.25, 0.3) is 0 Å². The number of hydrogen-bond donors (Lipinski definition) is 0. The fraction of sp³-hybridized carbons (Fsp3) is 0.429. The molecule has 0 N–H and O–H groups in total. The summed E-state index contributed by atoms with van der Waals surface area (Å²) in [5, 5.41) is 0. The Bertz CT molecular complexity index is 351. The first kappa shape index (κ1) is 14.3. The molecule has 3 heteroatoms. The molecule has 1 aromatic carbocycles. The molecule has 0 aliphatic carbocycles. The smallest absolute Gasteiger partial charge is 0.125 e. The van der Waals surface area contributed by atoms with E-state index in [4.69, 9.17) is 9.47 Å². The van der Waals surface area contributed by atoms with Crippen LogP contribution < -0.4 is 4.74 Å². The largest absolute Gasteiger partial charge is 0.493 e. The van der Waals surface area contributed by atoms with Crippen LogP contribution in [0.4, 0.5) is 0 Å². The van der Waals surface area contributed by atoms with Crippen molar-refractivity contribution in [1.82, 2.24) is 0 Å². The molecule has 0 amide bonds. The zero-order chi connectivity index (χ0) is 12.7. The van der Waals surface area contributed by atoms with Crippen LogP contribution in [0.15, 0.2) is 29.3 Å². The van der Waals surface area contributed by atoms with Gasteiger partial charge in [0.25, 0.3) is 0 Å². The van der Waals surface area contributed by atoms with Crippen molar-refractivity contribution in [3.05, 3.63) is 40.4 Å². The van der Waals surface area contributed by atoms with E-state index in [0.29, 0.717) is 19.8 Å². The molecule has 94 valence electrons. The van der Waals surface area contributed by atoms with E-state index in [1.807, 2.05) is 0 Å². The first-order valence-corrected chi connectivity index (χ1v) is 6.52. The van der Waals surface area contributed by atoms with E-state index in [2.05, 4.69) is 48.5 Å². The highest BCUT2D eigenvalue weighted by Crippen LogP contribution is 2.27. The minimum absolute atomic E-state index is 0.607. The van der Waals surface area contributed by atoms with E-state index >= 15 is 0 Å². The summed E-state index contributed by atoms with van der Waals surface area (Å²) < 4.78 is 12.2. The van der Waals surface area contributed by atoms with Gasteiger partial charge in [0.2, 0.25) is 0 Å². The molecule has 0 aliphatic heterocycles. The third-order valence-electron chi connectivity index (χ3n) is 2.34. The lowest BCUT2D eigenvalue weighted by molar-refractivity contribution is 0.143. The molecule has 0 radical (unpaired) electrons. The molecule has 0 spiro atoms. The van der Waals surface area contributed by atoms with Gasteiger partial charge in [-0.25, -0.2) is 0 Å².